The van der Waals surface area contributed by atoms with Gasteiger partial charge in [-0.2, -0.15) is 0 Å². The Morgan fingerprint density at radius 3 is 2.75 bits per heavy atom. The molecule has 2 heteroatoms. The highest BCUT2D eigenvalue weighted by Gasteiger charge is 2.07. The predicted molar refractivity (Wildman–Crippen MR) is 70.0 cm³/mol. The first kappa shape index (κ1) is 10.9. The third-order valence-corrected chi connectivity index (χ3v) is 2.79. The Balaban J connectivity index is 2.66. The standard InChI is InChI=1S/C14H18N2/c1-4-15-13-8-9-16-14-11(10(2)3)6-5-7-12(13)14/h5-10H,4H2,1-3H3,(H,15,16). The second-order valence-corrected chi connectivity index (χ2v) is 4.29. The second-order valence-electron chi connectivity index (χ2n) is 4.29. The van der Waals surface area contributed by atoms with E-state index >= 15 is 0 Å². The van der Waals surface area contributed by atoms with E-state index in [0.717, 1.165) is 12.1 Å². The van der Waals surface area contributed by atoms with E-state index in [9.17, 15) is 0 Å². The number of hydrogen-bond donors (Lipinski definition) is 1. The Bertz CT molecular complexity index is 489. The lowest BCUT2D eigenvalue weighted by Gasteiger charge is -2.12. The minimum atomic E-state index is 0.507. The van der Waals surface area contributed by atoms with Crippen molar-refractivity contribution in [3.63, 3.8) is 0 Å². The van der Waals surface area contributed by atoms with Crippen LogP contribution in [0.25, 0.3) is 10.9 Å². The number of para-hydroxylation sites is 1. The van der Waals surface area contributed by atoms with Crippen LogP contribution in [-0.4, -0.2) is 11.5 Å². The van der Waals surface area contributed by atoms with Crippen LogP contribution >= 0.6 is 0 Å². The van der Waals surface area contributed by atoms with Crippen molar-refractivity contribution < 1.29 is 0 Å². The Morgan fingerprint density at radius 1 is 1.25 bits per heavy atom. The number of pyridine rings is 1. The Hall–Kier alpha value is -1.57. The molecule has 0 aliphatic heterocycles. The molecular weight excluding hydrogens is 196 g/mol. The van der Waals surface area contributed by atoms with E-state index in [4.69, 9.17) is 0 Å². The molecule has 2 aromatic rings. The van der Waals surface area contributed by atoms with Gasteiger partial charge in [-0.1, -0.05) is 32.0 Å². The number of aromatic nitrogens is 1. The lowest BCUT2D eigenvalue weighted by atomic mass is 9.99. The number of rotatable bonds is 3. The van der Waals surface area contributed by atoms with E-state index < -0.39 is 0 Å². The van der Waals surface area contributed by atoms with Crippen molar-refractivity contribution in [2.24, 2.45) is 0 Å². The number of benzene rings is 1. The Morgan fingerprint density at radius 2 is 2.06 bits per heavy atom. The average molecular weight is 214 g/mol. The molecule has 0 unspecified atom stereocenters. The molecule has 84 valence electrons. The van der Waals surface area contributed by atoms with Crippen LogP contribution in [0, 0.1) is 0 Å². The van der Waals surface area contributed by atoms with Crippen molar-refractivity contribution in [2.45, 2.75) is 26.7 Å². The van der Waals surface area contributed by atoms with Gasteiger partial charge in [0.2, 0.25) is 0 Å². The summed E-state index contributed by atoms with van der Waals surface area (Å²) in [4.78, 5) is 4.51. The maximum absolute atomic E-state index is 4.51. The van der Waals surface area contributed by atoms with Crippen molar-refractivity contribution in [3.8, 4) is 0 Å². The molecule has 0 amide bonds. The summed E-state index contributed by atoms with van der Waals surface area (Å²) in [6.07, 6.45) is 1.88. The number of fused-ring (bicyclic) bond motifs is 1. The van der Waals surface area contributed by atoms with Gasteiger partial charge in [-0.15, -0.1) is 0 Å². The van der Waals surface area contributed by atoms with Gasteiger partial charge >= 0.3 is 0 Å². The summed E-state index contributed by atoms with van der Waals surface area (Å²) in [5.41, 5.74) is 3.61. The third kappa shape index (κ3) is 1.87. The fraction of sp³-hybridized carbons (Fsp3) is 0.357. The van der Waals surface area contributed by atoms with Crippen molar-refractivity contribution in [2.75, 3.05) is 11.9 Å². The highest BCUT2D eigenvalue weighted by Crippen LogP contribution is 2.28. The first-order valence-corrected chi connectivity index (χ1v) is 5.85. The zero-order valence-corrected chi connectivity index (χ0v) is 10.1. The quantitative estimate of drug-likeness (QED) is 0.840. The van der Waals surface area contributed by atoms with E-state index in [-0.39, 0.29) is 0 Å². The summed E-state index contributed by atoms with van der Waals surface area (Å²) < 4.78 is 0. The zero-order valence-electron chi connectivity index (χ0n) is 10.1. The molecule has 1 aromatic heterocycles. The van der Waals surface area contributed by atoms with Crippen LogP contribution in [0.2, 0.25) is 0 Å². The number of nitrogens with zero attached hydrogens (tertiary/aromatic N) is 1. The molecule has 0 radical (unpaired) electrons. The molecule has 1 heterocycles. The zero-order chi connectivity index (χ0) is 11.5. The number of hydrogen-bond acceptors (Lipinski definition) is 2. The van der Waals surface area contributed by atoms with Gasteiger partial charge in [0.1, 0.15) is 0 Å². The van der Waals surface area contributed by atoms with Gasteiger partial charge in [-0.05, 0) is 24.5 Å². The van der Waals surface area contributed by atoms with Crippen LogP contribution in [0.5, 0.6) is 0 Å². The fourth-order valence-corrected chi connectivity index (χ4v) is 2.01. The van der Waals surface area contributed by atoms with E-state index in [1.165, 1.54) is 16.6 Å². The topological polar surface area (TPSA) is 24.9 Å². The first-order valence-electron chi connectivity index (χ1n) is 5.85. The van der Waals surface area contributed by atoms with Gasteiger partial charge in [0.15, 0.2) is 0 Å². The van der Waals surface area contributed by atoms with Crippen molar-refractivity contribution in [1.29, 1.82) is 0 Å². The minimum absolute atomic E-state index is 0.507. The van der Waals surface area contributed by atoms with Gasteiger partial charge in [0, 0.05) is 23.8 Å². The van der Waals surface area contributed by atoms with Crippen LogP contribution in [0.3, 0.4) is 0 Å². The summed E-state index contributed by atoms with van der Waals surface area (Å²) >= 11 is 0. The van der Waals surface area contributed by atoms with E-state index in [1.54, 1.807) is 0 Å². The van der Waals surface area contributed by atoms with Crippen molar-refractivity contribution in [3.05, 3.63) is 36.0 Å². The summed E-state index contributed by atoms with van der Waals surface area (Å²) in [5, 5.41) is 4.59. The van der Waals surface area contributed by atoms with Gasteiger partial charge in [0.25, 0.3) is 0 Å². The van der Waals surface area contributed by atoms with Crippen LogP contribution in [0.1, 0.15) is 32.3 Å². The lowest BCUT2D eigenvalue weighted by molar-refractivity contribution is 0.873. The summed E-state index contributed by atoms with van der Waals surface area (Å²) in [6, 6.07) is 8.44. The van der Waals surface area contributed by atoms with Crippen LogP contribution in [-0.2, 0) is 0 Å². The maximum atomic E-state index is 4.51. The Kier molecular flexibility index (Phi) is 3.09. The monoisotopic (exact) mass is 214 g/mol. The number of anilines is 1. The maximum Gasteiger partial charge on any atom is 0.0757 e. The largest absolute Gasteiger partial charge is 0.385 e. The smallest absolute Gasteiger partial charge is 0.0757 e. The SMILES string of the molecule is CCNc1ccnc2c(C(C)C)cccc12. The molecule has 0 saturated heterocycles. The molecule has 0 saturated carbocycles. The molecule has 0 spiro atoms. The summed E-state index contributed by atoms with van der Waals surface area (Å²) in [6.45, 7) is 7.45. The molecular formula is C14H18N2. The van der Waals surface area contributed by atoms with Crippen LogP contribution in [0.4, 0.5) is 5.69 Å². The van der Waals surface area contributed by atoms with Crippen LogP contribution < -0.4 is 5.32 Å². The molecule has 1 aromatic carbocycles. The molecule has 1 N–H and O–H groups in total. The predicted octanol–water partition coefficient (Wildman–Crippen LogP) is 3.79. The third-order valence-electron chi connectivity index (χ3n) is 2.79. The van der Waals surface area contributed by atoms with E-state index in [1.807, 2.05) is 12.3 Å². The lowest BCUT2D eigenvalue weighted by Crippen LogP contribution is -1.99. The van der Waals surface area contributed by atoms with Gasteiger partial charge < -0.3 is 5.32 Å². The second kappa shape index (κ2) is 4.52. The molecule has 0 aliphatic carbocycles. The summed E-state index contributed by atoms with van der Waals surface area (Å²) in [5.74, 6) is 0.507. The van der Waals surface area contributed by atoms with Gasteiger partial charge in [-0.25, -0.2) is 0 Å². The molecule has 2 rings (SSSR count). The normalized spacial score (nSPS) is 11.0. The molecule has 0 aliphatic rings. The van der Waals surface area contributed by atoms with Crippen molar-refractivity contribution in [1.82, 2.24) is 4.98 Å². The average Bonchev–Trinajstić information content (AvgIpc) is 2.29. The molecule has 0 fully saturated rings. The molecule has 2 nitrogen and oxygen atoms in total. The fourth-order valence-electron chi connectivity index (χ4n) is 2.01. The molecule has 0 bridgehead atoms. The summed E-state index contributed by atoms with van der Waals surface area (Å²) in [7, 11) is 0. The van der Waals surface area contributed by atoms with E-state index in [2.05, 4.69) is 49.3 Å². The van der Waals surface area contributed by atoms with Gasteiger partial charge in [-0.3, -0.25) is 4.98 Å². The number of nitrogens with one attached hydrogen (secondary N) is 1. The van der Waals surface area contributed by atoms with Gasteiger partial charge in [0.05, 0.1) is 5.52 Å². The van der Waals surface area contributed by atoms with Crippen LogP contribution in [0.15, 0.2) is 30.5 Å². The highest BCUT2D eigenvalue weighted by atomic mass is 14.9. The molecule has 0 atom stereocenters. The highest BCUT2D eigenvalue weighted by molar-refractivity contribution is 5.93. The first-order chi connectivity index (χ1) is 7.74. The van der Waals surface area contributed by atoms with Crippen molar-refractivity contribution >= 4 is 16.6 Å². The van der Waals surface area contributed by atoms with E-state index in [0.29, 0.717) is 5.92 Å². The Labute approximate surface area is 96.7 Å². The molecule has 16 heavy (non-hydrogen) atoms. The minimum Gasteiger partial charge on any atom is -0.385 e.